The lowest BCUT2D eigenvalue weighted by molar-refractivity contribution is 0.0682. The van der Waals surface area contributed by atoms with Crippen LogP contribution in [0.2, 0.25) is 0 Å². The molecular weight excluding hydrogens is 388 g/mol. The molecule has 0 aliphatic rings. The third kappa shape index (κ3) is 4.25. The van der Waals surface area contributed by atoms with E-state index in [1.165, 1.54) is 31.2 Å². The predicted molar refractivity (Wildman–Crippen MR) is 108 cm³/mol. The Balaban J connectivity index is 2.06. The van der Waals surface area contributed by atoms with Gasteiger partial charge in [0.15, 0.2) is 5.78 Å². The van der Waals surface area contributed by atoms with Crippen molar-refractivity contribution in [3.05, 3.63) is 82.9 Å². The summed E-state index contributed by atoms with van der Waals surface area (Å²) in [6, 6.07) is 14.9. The van der Waals surface area contributed by atoms with Gasteiger partial charge in [-0.2, -0.15) is 0 Å². The summed E-state index contributed by atoms with van der Waals surface area (Å²) >= 11 is 0. The zero-order valence-electron chi connectivity index (χ0n) is 15.7. The summed E-state index contributed by atoms with van der Waals surface area (Å²) in [5.74, 6) is -3.89. The minimum atomic E-state index is -1.24. The van der Waals surface area contributed by atoms with E-state index in [2.05, 4.69) is 0 Å². The molecule has 0 aliphatic heterocycles. The second-order valence-corrected chi connectivity index (χ2v) is 6.65. The van der Waals surface area contributed by atoms with Gasteiger partial charge in [-0.05, 0) is 65.6 Å². The third-order valence-corrected chi connectivity index (χ3v) is 4.56. The van der Waals surface area contributed by atoms with Crippen molar-refractivity contribution in [1.82, 2.24) is 0 Å². The molecule has 0 unspecified atom stereocenters. The number of carbonyl (C=O) groups is 4. The molecular formula is C23H16O7. The van der Waals surface area contributed by atoms with Crippen molar-refractivity contribution < 1.29 is 34.5 Å². The van der Waals surface area contributed by atoms with Gasteiger partial charge in [-0.1, -0.05) is 24.3 Å². The maximum atomic E-state index is 11.7. The normalized spacial score (nSPS) is 10.4. The molecule has 0 atom stereocenters. The zero-order chi connectivity index (χ0) is 22.0. The predicted octanol–water partition coefficient (Wildman–Crippen LogP) is 4.32. The topological polar surface area (TPSA) is 129 Å². The van der Waals surface area contributed by atoms with E-state index in [0.29, 0.717) is 22.3 Å². The van der Waals surface area contributed by atoms with Gasteiger partial charge in [-0.15, -0.1) is 0 Å². The highest BCUT2D eigenvalue weighted by Gasteiger charge is 2.14. The Kier molecular flexibility index (Phi) is 5.46. The van der Waals surface area contributed by atoms with E-state index < -0.39 is 17.9 Å². The fraction of sp³-hybridized carbons (Fsp3) is 0.0435. The molecule has 3 aromatic rings. The minimum Gasteiger partial charge on any atom is -0.478 e. The Morgan fingerprint density at radius 3 is 1.10 bits per heavy atom. The first-order valence-corrected chi connectivity index (χ1v) is 8.77. The SMILES string of the molecule is CC(=O)c1cc(C(=O)O)cc(-c2ccc(-c3cc(C(=O)O)cc(C(=O)O)c3)cc2)c1. The molecule has 7 heteroatoms. The number of hydrogen-bond acceptors (Lipinski definition) is 4. The molecule has 0 bridgehead atoms. The first-order valence-electron chi connectivity index (χ1n) is 8.77. The van der Waals surface area contributed by atoms with Crippen LogP contribution in [0.25, 0.3) is 22.3 Å². The van der Waals surface area contributed by atoms with Crippen LogP contribution in [0.15, 0.2) is 60.7 Å². The number of hydrogen-bond donors (Lipinski definition) is 3. The molecule has 0 fully saturated rings. The van der Waals surface area contributed by atoms with Gasteiger partial charge in [0, 0.05) is 5.56 Å². The monoisotopic (exact) mass is 404 g/mol. The number of carboxylic acids is 3. The molecule has 0 aromatic heterocycles. The lowest BCUT2D eigenvalue weighted by Crippen LogP contribution is -2.03. The summed E-state index contributed by atoms with van der Waals surface area (Å²) in [7, 11) is 0. The van der Waals surface area contributed by atoms with Crippen LogP contribution in [-0.2, 0) is 0 Å². The second kappa shape index (κ2) is 8.00. The molecule has 0 saturated carbocycles. The molecule has 3 aromatic carbocycles. The van der Waals surface area contributed by atoms with E-state index in [-0.39, 0.29) is 28.0 Å². The highest BCUT2D eigenvalue weighted by atomic mass is 16.4. The Labute approximate surface area is 170 Å². The molecule has 0 amide bonds. The van der Waals surface area contributed by atoms with Crippen LogP contribution < -0.4 is 0 Å². The Bertz CT molecular complexity index is 1030. The van der Waals surface area contributed by atoms with E-state index in [9.17, 15) is 34.5 Å². The van der Waals surface area contributed by atoms with Crippen molar-refractivity contribution >= 4 is 23.7 Å². The molecule has 150 valence electrons. The fourth-order valence-corrected chi connectivity index (χ4v) is 3.02. The van der Waals surface area contributed by atoms with Crippen molar-refractivity contribution in [2.24, 2.45) is 0 Å². The summed E-state index contributed by atoms with van der Waals surface area (Å²) in [5.41, 5.74) is 2.17. The summed E-state index contributed by atoms with van der Waals surface area (Å²) in [4.78, 5) is 45.7. The van der Waals surface area contributed by atoms with E-state index in [1.807, 2.05) is 0 Å². The van der Waals surface area contributed by atoms with Crippen LogP contribution in [0.4, 0.5) is 0 Å². The van der Waals surface area contributed by atoms with Gasteiger partial charge in [0.2, 0.25) is 0 Å². The number of benzene rings is 3. The van der Waals surface area contributed by atoms with Crippen LogP contribution >= 0.6 is 0 Å². The molecule has 0 saturated heterocycles. The van der Waals surface area contributed by atoms with Crippen LogP contribution in [-0.4, -0.2) is 39.0 Å². The minimum absolute atomic E-state index is 0.0120. The average Bonchev–Trinajstić information content (AvgIpc) is 2.73. The van der Waals surface area contributed by atoms with Crippen molar-refractivity contribution in [3.8, 4) is 22.3 Å². The molecule has 3 N–H and O–H groups in total. The van der Waals surface area contributed by atoms with E-state index in [0.717, 1.165) is 6.07 Å². The van der Waals surface area contributed by atoms with Crippen molar-refractivity contribution in [1.29, 1.82) is 0 Å². The maximum absolute atomic E-state index is 11.7. The van der Waals surface area contributed by atoms with Gasteiger partial charge < -0.3 is 15.3 Å². The van der Waals surface area contributed by atoms with Crippen LogP contribution in [0.1, 0.15) is 48.4 Å². The van der Waals surface area contributed by atoms with Gasteiger partial charge in [0.1, 0.15) is 0 Å². The Hall–Kier alpha value is -4.26. The zero-order valence-corrected chi connectivity index (χ0v) is 15.7. The van der Waals surface area contributed by atoms with Crippen molar-refractivity contribution in [2.45, 2.75) is 6.92 Å². The van der Waals surface area contributed by atoms with Gasteiger partial charge in [0.05, 0.1) is 16.7 Å². The smallest absolute Gasteiger partial charge is 0.335 e. The van der Waals surface area contributed by atoms with Gasteiger partial charge in [-0.25, -0.2) is 14.4 Å². The molecule has 7 nitrogen and oxygen atoms in total. The number of carbonyl (C=O) groups excluding carboxylic acids is 1. The quantitative estimate of drug-likeness (QED) is 0.522. The number of rotatable bonds is 6. The largest absolute Gasteiger partial charge is 0.478 e. The van der Waals surface area contributed by atoms with Gasteiger partial charge >= 0.3 is 17.9 Å². The highest BCUT2D eigenvalue weighted by molar-refractivity contribution is 5.99. The molecule has 3 rings (SSSR count). The Morgan fingerprint density at radius 2 is 0.800 bits per heavy atom. The first kappa shape index (κ1) is 20.5. The fourth-order valence-electron chi connectivity index (χ4n) is 3.02. The number of ketones is 1. The first-order chi connectivity index (χ1) is 14.2. The summed E-state index contributed by atoms with van der Waals surface area (Å²) in [5, 5.41) is 27.7. The lowest BCUT2D eigenvalue weighted by Gasteiger charge is -2.09. The van der Waals surface area contributed by atoms with Crippen molar-refractivity contribution in [3.63, 3.8) is 0 Å². The van der Waals surface area contributed by atoms with Gasteiger partial charge in [-0.3, -0.25) is 4.79 Å². The summed E-state index contributed by atoms with van der Waals surface area (Å²) in [6.07, 6.45) is 0. The average molecular weight is 404 g/mol. The van der Waals surface area contributed by atoms with Crippen LogP contribution in [0.5, 0.6) is 0 Å². The Morgan fingerprint density at radius 1 is 0.500 bits per heavy atom. The maximum Gasteiger partial charge on any atom is 0.335 e. The second-order valence-electron chi connectivity index (χ2n) is 6.65. The van der Waals surface area contributed by atoms with Crippen LogP contribution in [0, 0.1) is 0 Å². The van der Waals surface area contributed by atoms with Gasteiger partial charge in [0.25, 0.3) is 0 Å². The third-order valence-electron chi connectivity index (χ3n) is 4.56. The summed E-state index contributed by atoms with van der Waals surface area (Å²) in [6.45, 7) is 1.35. The van der Waals surface area contributed by atoms with E-state index >= 15 is 0 Å². The van der Waals surface area contributed by atoms with Crippen molar-refractivity contribution in [2.75, 3.05) is 0 Å². The van der Waals surface area contributed by atoms with E-state index in [4.69, 9.17) is 0 Å². The number of carboxylic acid groups (broad SMARTS) is 3. The molecule has 0 radical (unpaired) electrons. The molecule has 0 spiro atoms. The van der Waals surface area contributed by atoms with E-state index in [1.54, 1.807) is 30.3 Å². The molecule has 0 heterocycles. The lowest BCUT2D eigenvalue weighted by atomic mass is 9.95. The number of aromatic carboxylic acids is 3. The highest BCUT2D eigenvalue weighted by Crippen LogP contribution is 2.28. The standard InChI is InChI=1S/C23H16O7/c1-12(24)15-6-16(8-18(7-15)21(25)26)13-2-4-14(5-3-13)17-9-19(22(27)28)11-20(10-17)23(29)30/h2-11H,1H3,(H,25,26)(H,27,28)(H,29,30). The number of Topliss-reactive ketones (excluding diaryl/α,β-unsaturated/α-hetero) is 1. The van der Waals surface area contributed by atoms with Crippen LogP contribution in [0.3, 0.4) is 0 Å². The summed E-state index contributed by atoms with van der Waals surface area (Å²) < 4.78 is 0. The molecule has 0 aliphatic carbocycles. The molecule has 30 heavy (non-hydrogen) atoms.